The zero-order chi connectivity index (χ0) is 13.7. The van der Waals surface area contributed by atoms with Crippen LogP contribution in [-0.2, 0) is 4.74 Å². The smallest absolute Gasteiger partial charge is 0.134 e. The molecule has 4 heteroatoms. The topological polar surface area (TPSA) is 44.5 Å². The average Bonchev–Trinajstić information content (AvgIpc) is 2.31. The van der Waals surface area contributed by atoms with E-state index in [1.807, 2.05) is 19.1 Å². The number of aryl methyl sites for hydroxylation is 1. The fourth-order valence-corrected chi connectivity index (χ4v) is 2.19. The summed E-state index contributed by atoms with van der Waals surface area (Å²) in [5, 5.41) is 0.783. The minimum atomic E-state index is -0.130. The first kappa shape index (κ1) is 15.3. The van der Waals surface area contributed by atoms with Gasteiger partial charge in [0.1, 0.15) is 11.9 Å². The van der Waals surface area contributed by atoms with Gasteiger partial charge in [-0.2, -0.15) is 0 Å². The lowest BCUT2D eigenvalue weighted by atomic mass is 10.0. The highest BCUT2D eigenvalue weighted by atomic mass is 35.5. The van der Waals surface area contributed by atoms with E-state index < -0.39 is 0 Å². The Bertz CT molecular complexity index is 394. The normalized spacial score (nSPS) is 12.8. The van der Waals surface area contributed by atoms with Gasteiger partial charge in [0, 0.05) is 18.7 Å². The first-order chi connectivity index (χ1) is 8.49. The third-order valence-corrected chi connectivity index (χ3v) is 3.15. The second-order valence-electron chi connectivity index (χ2n) is 4.72. The van der Waals surface area contributed by atoms with Crippen LogP contribution in [0.25, 0.3) is 0 Å². The van der Waals surface area contributed by atoms with Crippen LogP contribution in [-0.4, -0.2) is 26.4 Å². The van der Waals surface area contributed by atoms with Crippen LogP contribution in [0, 0.1) is 6.92 Å². The van der Waals surface area contributed by atoms with Gasteiger partial charge in [-0.25, -0.2) is 0 Å². The molecule has 0 bridgehead atoms. The maximum Gasteiger partial charge on any atom is 0.134 e. The summed E-state index contributed by atoms with van der Waals surface area (Å²) in [6.45, 7) is 7.10. The molecule has 2 N–H and O–H groups in total. The Morgan fingerprint density at radius 2 is 2.00 bits per heavy atom. The largest absolute Gasteiger partial charge is 0.486 e. The van der Waals surface area contributed by atoms with Crippen molar-refractivity contribution >= 4 is 11.6 Å². The summed E-state index contributed by atoms with van der Waals surface area (Å²) in [5.74, 6) is 1.19. The highest BCUT2D eigenvalue weighted by Crippen LogP contribution is 2.31. The van der Waals surface area contributed by atoms with Crippen molar-refractivity contribution in [3.8, 4) is 5.75 Å². The van der Waals surface area contributed by atoms with Crippen LogP contribution < -0.4 is 10.5 Å². The molecular weight excluding hydrogens is 250 g/mol. The average molecular weight is 272 g/mol. The number of ether oxygens (including phenoxy) is 2. The molecular formula is C14H22ClNO2. The predicted octanol–water partition coefficient (Wildman–Crippen LogP) is 3.12. The van der Waals surface area contributed by atoms with Crippen LogP contribution in [0.4, 0.5) is 0 Å². The zero-order valence-corrected chi connectivity index (χ0v) is 12.3. The quantitative estimate of drug-likeness (QED) is 0.865. The Balaban J connectivity index is 2.97. The first-order valence-electron chi connectivity index (χ1n) is 6.15. The van der Waals surface area contributed by atoms with Crippen molar-refractivity contribution in [3.63, 3.8) is 0 Å². The van der Waals surface area contributed by atoms with Crippen LogP contribution >= 0.6 is 11.6 Å². The van der Waals surface area contributed by atoms with Gasteiger partial charge in [-0.05, 0) is 36.1 Å². The number of hydrogen-bond donors (Lipinski definition) is 1. The minimum absolute atomic E-state index is 0.130. The van der Waals surface area contributed by atoms with E-state index in [0.29, 0.717) is 19.1 Å². The molecule has 0 aliphatic heterocycles. The molecule has 102 valence electrons. The van der Waals surface area contributed by atoms with E-state index in [4.69, 9.17) is 26.8 Å². The zero-order valence-electron chi connectivity index (χ0n) is 11.5. The van der Waals surface area contributed by atoms with Crippen LogP contribution in [0.15, 0.2) is 12.1 Å². The fraction of sp³-hybridized carbons (Fsp3) is 0.571. The molecule has 1 aromatic rings. The number of nitrogens with two attached hydrogens (primary N) is 1. The molecule has 18 heavy (non-hydrogen) atoms. The molecule has 0 spiro atoms. The van der Waals surface area contributed by atoms with E-state index in [2.05, 4.69) is 13.8 Å². The fourth-order valence-electron chi connectivity index (χ4n) is 1.75. The highest BCUT2D eigenvalue weighted by molar-refractivity contribution is 6.31. The van der Waals surface area contributed by atoms with Crippen molar-refractivity contribution in [1.82, 2.24) is 0 Å². The van der Waals surface area contributed by atoms with Gasteiger partial charge in [-0.1, -0.05) is 25.4 Å². The van der Waals surface area contributed by atoms with Crippen LogP contribution in [0.5, 0.6) is 5.75 Å². The standard InChI is InChI=1S/C14H22ClNO2/c1-9(2)12-6-14(10(3)5-13(12)15)18-11(7-16)8-17-4/h5-6,9,11H,7-8,16H2,1-4H3. The molecule has 0 amide bonds. The second kappa shape index (κ2) is 6.98. The van der Waals surface area contributed by atoms with Crippen LogP contribution in [0.3, 0.4) is 0 Å². The first-order valence-corrected chi connectivity index (χ1v) is 6.53. The summed E-state index contributed by atoms with van der Waals surface area (Å²) >= 11 is 6.22. The monoisotopic (exact) mass is 271 g/mol. The van der Waals surface area contributed by atoms with E-state index in [9.17, 15) is 0 Å². The van der Waals surface area contributed by atoms with Crippen LogP contribution in [0.1, 0.15) is 30.9 Å². The highest BCUT2D eigenvalue weighted by Gasteiger charge is 2.14. The molecule has 1 unspecified atom stereocenters. The Morgan fingerprint density at radius 1 is 1.33 bits per heavy atom. The van der Waals surface area contributed by atoms with E-state index in [1.54, 1.807) is 7.11 Å². The third-order valence-electron chi connectivity index (χ3n) is 2.83. The summed E-state index contributed by atoms with van der Waals surface area (Å²) < 4.78 is 10.9. The predicted molar refractivity (Wildman–Crippen MR) is 75.6 cm³/mol. The van der Waals surface area contributed by atoms with Crippen molar-refractivity contribution in [2.75, 3.05) is 20.3 Å². The van der Waals surface area contributed by atoms with Gasteiger partial charge in [0.05, 0.1) is 6.61 Å². The molecule has 0 heterocycles. The molecule has 1 rings (SSSR count). The maximum atomic E-state index is 6.22. The van der Waals surface area contributed by atoms with Crippen molar-refractivity contribution in [3.05, 3.63) is 28.3 Å². The Kier molecular flexibility index (Phi) is 5.93. The lowest BCUT2D eigenvalue weighted by Gasteiger charge is -2.20. The van der Waals surface area contributed by atoms with Gasteiger partial charge in [-0.3, -0.25) is 0 Å². The van der Waals surface area contributed by atoms with E-state index >= 15 is 0 Å². The minimum Gasteiger partial charge on any atom is -0.486 e. The Morgan fingerprint density at radius 3 is 2.50 bits per heavy atom. The van der Waals surface area contributed by atoms with Crippen molar-refractivity contribution in [2.24, 2.45) is 5.73 Å². The summed E-state index contributed by atoms with van der Waals surface area (Å²) in [4.78, 5) is 0. The van der Waals surface area contributed by atoms with Gasteiger partial charge < -0.3 is 15.2 Å². The summed E-state index contributed by atoms with van der Waals surface area (Å²) in [6.07, 6.45) is -0.130. The molecule has 0 saturated heterocycles. The van der Waals surface area contributed by atoms with Gasteiger partial charge in [-0.15, -0.1) is 0 Å². The van der Waals surface area contributed by atoms with Gasteiger partial charge in [0.15, 0.2) is 0 Å². The van der Waals surface area contributed by atoms with E-state index in [-0.39, 0.29) is 6.10 Å². The lowest BCUT2D eigenvalue weighted by molar-refractivity contribution is 0.0855. The van der Waals surface area contributed by atoms with Crippen LogP contribution in [0.2, 0.25) is 5.02 Å². The third kappa shape index (κ3) is 3.87. The lowest BCUT2D eigenvalue weighted by Crippen LogP contribution is -2.31. The summed E-state index contributed by atoms with van der Waals surface area (Å²) in [7, 11) is 1.64. The number of methoxy groups -OCH3 is 1. The molecule has 0 aromatic heterocycles. The number of halogens is 1. The molecule has 1 aromatic carbocycles. The van der Waals surface area contributed by atoms with E-state index in [1.165, 1.54) is 0 Å². The van der Waals surface area contributed by atoms with Gasteiger partial charge in [0.25, 0.3) is 0 Å². The Labute approximate surface area is 114 Å². The van der Waals surface area contributed by atoms with Crippen molar-refractivity contribution in [2.45, 2.75) is 32.8 Å². The molecule has 0 aliphatic rings. The Hall–Kier alpha value is -0.770. The van der Waals surface area contributed by atoms with Gasteiger partial charge >= 0.3 is 0 Å². The van der Waals surface area contributed by atoms with E-state index in [0.717, 1.165) is 21.9 Å². The number of rotatable bonds is 6. The molecule has 0 saturated carbocycles. The SMILES string of the molecule is COCC(CN)Oc1cc(C(C)C)c(Cl)cc1C. The molecule has 0 aliphatic carbocycles. The molecule has 1 atom stereocenters. The molecule has 0 radical (unpaired) electrons. The van der Waals surface area contributed by atoms with Crippen molar-refractivity contribution < 1.29 is 9.47 Å². The van der Waals surface area contributed by atoms with Crippen molar-refractivity contribution in [1.29, 1.82) is 0 Å². The molecule has 0 fully saturated rings. The maximum absolute atomic E-state index is 6.22. The second-order valence-corrected chi connectivity index (χ2v) is 5.13. The molecule has 3 nitrogen and oxygen atoms in total. The van der Waals surface area contributed by atoms with Gasteiger partial charge in [0.2, 0.25) is 0 Å². The summed E-state index contributed by atoms with van der Waals surface area (Å²) in [5.41, 5.74) is 7.75. The number of hydrogen-bond acceptors (Lipinski definition) is 3. The number of benzene rings is 1. The summed E-state index contributed by atoms with van der Waals surface area (Å²) in [6, 6.07) is 3.94.